The van der Waals surface area contributed by atoms with Crippen LogP contribution in [0.4, 0.5) is 10.3 Å². The van der Waals surface area contributed by atoms with E-state index < -0.39 is 15.7 Å². The van der Waals surface area contributed by atoms with E-state index >= 15 is 0 Å². The van der Waals surface area contributed by atoms with E-state index in [0.29, 0.717) is 30.3 Å². The van der Waals surface area contributed by atoms with Gasteiger partial charge in [0.2, 0.25) is 26.6 Å². The van der Waals surface area contributed by atoms with Gasteiger partial charge in [0.1, 0.15) is 19.0 Å². The Bertz CT molecular complexity index is 1090. The molecule has 2 aromatic carbocycles. The van der Waals surface area contributed by atoms with Gasteiger partial charge in [-0.1, -0.05) is 0 Å². The molecule has 0 spiro atoms. The lowest BCUT2D eigenvalue weighted by Gasteiger charge is -2.18. The molecule has 0 radical (unpaired) electrons. The molecule has 1 aliphatic heterocycles. The first-order valence-corrected chi connectivity index (χ1v) is 9.56. The van der Waals surface area contributed by atoms with Gasteiger partial charge in [0.05, 0.1) is 4.90 Å². The minimum absolute atomic E-state index is 0.00204. The van der Waals surface area contributed by atoms with E-state index in [4.69, 9.17) is 13.9 Å². The summed E-state index contributed by atoms with van der Waals surface area (Å²) in [6.45, 7) is 0.754. The molecule has 0 aliphatic carbocycles. The zero-order chi connectivity index (χ0) is 19.0. The van der Waals surface area contributed by atoms with Crippen LogP contribution in [0.2, 0.25) is 0 Å². The molecular weight excluding hydrogens is 375 g/mol. The molecule has 3 aromatic rings. The number of anilines is 1. The summed E-state index contributed by atoms with van der Waals surface area (Å²) in [5.74, 6) is 0.486. The van der Waals surface area contributed by atoms with E-state index in [2.05, 4.69) is 10.3 Å². The van der Waals surface area contributed by atoms with Gasteiger partial charge in [-0.15, -0.1) is 0 Å². The number of nitrogens with zero attached hydrogens (tertiary/aromatic N) is 1. The van der Waals surface area contributed by atoms with Crippen molar-refractivity contribution in [3.8, 4) is 23.0 Å². The predicted octanol–water partition coefficient (Wildman–Crippen LogP) is 3.13. The highest BCUT2D eigenvalue weighted by atomic mass is 32.2. The third-order valence-electron chi connectivity index (χ3n) is 3.99. The van der Waals surface area contributed by atoms with Crippen molar-refractivity contribution in [1.82, 2.24) is 4.98 Å². The van der Waals surface area contributed by atoms with Crippen LogP contribution >= 0.6 is 0 Å². The SMILES string of the molecule is CNc1oc(-c2ccc(F)cc2)nc1S(=O)(=O)c1ccc2c(c1)OCCO2. The predicted molar refractivity (Wildman–Crippen MR) is 94.3 cm³/mol. The highest BCUT2D eigenvalue weighted by Gasteiger charge is 2.29. The van der Waals surface area contributed by atoms with Crippen LogP contribution < -0.4 is 14.8 Å². The molecule has 2 heterocycles. The summed E-state index contributed by atoms with van der Waals surface area (Å²) < 4.78 is 55.7. The maximum absolute atomic E-state index is 13.1. The third-order valence-corrected chi connectivity index (χ3v) is 5.65. The van der Waals surface area contributed by atoms with E-state index in [1.54, 1.807) is 6.07 Å². The van der Waals surface area contributed by atoms with Gasteiger partial charge in [-0.3, -0.25) is 0 Å². The minimum atomic E-state index is -3.99. The smallest absolute Gasteiger partial charge is 0.233 e. The van der Waals surface area contributed by atoms with Crippen LogP contribution in [0, 0.1) is 5.82 Å². The Morgan fingerprint density at radius 1 is 1.04 bits per heavy atom. The Hall–Kier alpha value is -3.07. The van der Waals surface area contributed by atoms with Gasteiger partial charge in [-0.2, -0.15) is 4.98 Å². The first-order valence-electron chi connectivity index (χ1n) is 8.08. The number of ether oxygens (including phenoxy) is 2. The number of halogens is 1. The number of nitrogens with one attached hydrogen (secondary N) is 1. The number of oxazole rings is 1. The second-order valence-electron chi connectivity index (χ2n) is 5.72. The zero-order valence-corrected chi connectivity index (χ0v) is 15.0. The molecular formula is C18H15FN2O5S. The first kappa shape index (κ1) is 17.3. The fourth-order valence-corrected chi connectivity index (χ4v) is 3.99. The van der Waals surface area contributed by atoms with Crippen molar-refractivity contribution in [2.45, 2.75) is 9.92 Å². The molecule has 1 N–H and O–H groups in total. The number of hydrogen-bond acceptors (Lipinski definition) is 7. The third kappa shape index (κ3) is 3.10. The molecule has 0 unspecified atom stereocenters. The second-order valence-corrected chi connectivity index (χ2v) is 7.58. The fourth-order valence-electron chi connectivity index (χ4n) is 2.66. The summed E-state index contributed by atoms with van der Waals surface area (Å²) in [5.41, 5.74) is 0.455. The Morgan fingerprint density at radius 2 is 1.74 bits per heavy atom. The number of benzene rings is 2. The molecule has 0 amide bonds. The van der Waals surface area contributed by atoms with Crippen LogP contribution in [0.25, 0.3) is 11.5 Å². The minimum Gasteiger partial charge on any atom is -0.486 e. The molecule has 1 aliphatic rings. The van der Waals surface area contributed by atoms with E-state index in [9.17, 15) is 12.8 Å². The van der Waals surface area contributed by atoms with Gasteiger partial charge in [0.15, 0.2) is 11.5 Å². The molecule has 0 atom stereocenters. The molecule has 4 rings (SSSR count). The average Bonchev–Trinajstić information content (AvgIpc) is 3.13. The molecule has 140 valence electrons. The fraction of sp³-hybridized carbons (Fsp3) is 0.167. The van der Waals surface area contributed by atoms with Crippen LogP contribution in [0.15, 0.2) is 56.8 Å². The maximum atomic E-state index is 13.1. The number of sulfone groups is 1. The van der Waals surface area contributed by atoms with Gasteiger partial charge in [0, 0.05) is 18.7 Å². The second kappa shape index (κ2) is 6.58. The summed E-state index contributed by atoms with van der Waals surface area (Å²) >= 11 is 0. The van der Waals surface area contributed by atoms with Crippen molar-refractivity contribution in [3.05, 3.63) is 48.3 Å². The maximum Gasteiger partial charge on any atom is 0.233 e. The van der Waals surface area contributed by atoms with E-state index in [1.165, 1.54) is 43.4 Å². The molecule has 0 saturated carbocycles. The molecule has 7 nitrogen and oxygen atoms in total. The standard InChI is InChI=1S/C18H15FN2O5S/c1-20-17-18(21-16(26-17)11-2-4-12(19)5-3-11)27(22,23)13-6-7-14-15(10-13)25-9-8-24-14/h2-7,10,20H,8-9H2,1H3. The molecule has 0 saturated heterocycles. The van der Waals surface area contributed by atoms with Crippen molar-refractivity contribution in [3.63, 3.8) is 0 Å². The number of rotatable bonds is 4. The Balaban J connectivity index is 1.78. The first-order chi connectivity index (χ1) is 13.0. The quantitative estimate of drug-likeness (QED) is 0.732. The summed E-state index contributed by atoms with van der Waals surface area (Å²) in [7, 11) is -2.46. The van der Waals surface area contributed by atoms with Crippen LogP contribution in [-0.4, -0.2) is 33.7 Å². The van der Waals surface area contributed by atoms with E-state index in [-0.39, 0.29) is 21.7 Å². The average molecular weight is 390 g/mol. The largest absolute Gasteiger partial charge is 0.486 e. The monoisotopic (exact) mass is 390 g/mol. The normalized spacial score (nSPS) is 13.4. The van der Waals surface area contributed by atoms with Crippen molar-refractivity contribution < 1.29 is 26.7 Å². The number of aromatic nitrogens is 1. The van der Waals surface area contributed by atoms with Crippen molar-refractivity contribution >= 4 is 15.7 Å². The lowest BCUT2D eigenvalue weighted by Crippen LogP contribution is -2.16. The summed E-state index contributed by atoms with van der Waals surface area (Å²) in [6.07, 6.45) is 0. The highest BCUT2D eigenvalue weighted by Crippen LogP contribution is 2.36. The molecule has 9 heteroatoms. The highest BCUT2D eigenvalue weighted by molar-refractivity contribution is 7.91. The lowest BCUT2D eigenvalue weighted by atomic mass is 10.2. The summed E-state index contributed by atoms with van der Waals surface area (Å²) in [5, 5.41) is 2.43. The number of fused-ring (bicyclic) bond motifs is 1. The van der Waals surface area contributed by atoms with Gasteiger partial charge in [0.25, 0.3) is 0 Å². The Morgan fingerprint density at radius 3 is 2.44 bits per heavy atom. The van der Waals surface area contributed by atoms with E-state index in [0.717, 1.165) is 0 Å². The molecule has 27 heavy (non-hydrogen) atoms. The van der Waals surface area contributed by atoms with Crippen LogP contribution in [-0.2, 0) is 9.84 Å². The van der Waals surface area contributed by atoms with Crippen molar-refractivity contribution in [2.75, 3.05) is 25.6 Å². The van der Waals surface area contributed by atoms with Crippen molar-refractivity contribution in [1.29, 1.82) is 0 Å². The van der Waals surface area contributed by atoms with Crippen LogP contribution in [0.5, 0.6) is 11.5 Å². The molecule has 1 aromatic heterocycles. The number of hydrogen-bond donors (Lipinski definition) is 1. The topological polar surface area (TPSA) is 90.7 Å². The Kier molecular flexibility index (Phi) is 4.23. The van der Waals surface area contributed by atoms with Crippen molar-refractivity contribution in [2.24, 2.45) is 0 Å². The molecule has 0 bridgehead atoms. The zero-order valence-electron chi connectivity index (χ0n) is 14.2. The van der Waals surface area contributed by atoms with Crippen LogP contribution in [0.1, 0.15) is 0 Å². The summed E-state index contributed by atoms with van der Waals surface area (Å²) in [4.78, 5) is 4.13. The molecule has 0 fully saturated rings. The summed E-state index contributed by atoms with van der Waals surface area (Å²) in [6, 6.07) is 9.77. The van der Waals surface area contributed by atoms with E-state index in [1.807, 2.05) is 0 Å². The van der Waals surface area contributed by atoms with Gasteiger partial charge >= 0.3 is 0 Å². The van der Waals surface area contributed by atoms with Gasteiger partial charge < -0.3 is 19.2 Å². The van der Waals surface area contributed by atoms with Gasteiger partial charge in [-0.25, -0.2) is 12.8 Å². The lowest BCUT2D eigenvalue weighted by molar-refractivity contribution is 0.171. The van der Waals surface area contributed by atoms with Gasteiger partial charge in [-0.05, 0) is 36.4 Å². The Labute approximate surface area is 154 Å². The van der Waals surface area contributed by atoms with Crippen LogP contribution in [0.3, 0.4) is 0 Å².